The van der Waals surface area contributed by atoms with E-state index in [0.29, 0.717) is 13.0 Å². The Kier molecular flexibility index (Phi) is 8.30. The van der Waals surface area contributed by atoms with Crippen LogP contribution in [0.15, 0.2) is 61.2 Å². The van der Waals surface area contributed by atoms with Crippen LogP contribution in [0.25, 0.3) is 0 Å². The van der Waals surface area contributed by atoms with Gasteiger partial charge in [-0.1, -0.05) is 36.4 Å². The maximum atomic E-state index is 13.7. The Labute approximate surface area is 180 Å². The van der Waals surface area contributed by atoms with E-state index in [1.54, 1.807) is 7.11 Å². The number of halogens is 1. The van der Waals surface area contributed by atoms with E-state index < -0.39 is 0 Å². The molecule has 0 saturated carbocycles. The van der Waals surface area contributed by atoms with Crippen molar-refractivity contribution >= 4 is 24.0 Å². The van der Waals surface area contributed by atoms with Gasteiger partial charge in [0.15, 0.2) is 0 Å². The zero-order chi connectivity index (χ0) is 20.1. The van der Waals surface area contributed by atoms with Crippen LogP contribution in [-0.4, -0.2) is 45.1 Å². The van der Waals surface area contributed by atoms with Crippen molar-refractivity contribution in [2.24, 2.45) is 5.92 Å². The zero-order valence-corrected chi connectivity index (χ0v) is 18.3. The van der Waals surface area contributed by atoms with Crippen molar-refractivity contribution in [2.75, 3.05) is 39.2 Å². The van der Waals surface area contributed by atoms with E-state index in [0.717, 1.165) is 24.4 Å². The van der Waals surface area contributed by atoms with Crippen LogP contribution in [0, 0.1) is 5.92 Å². The molecule has 2 aromatic carbocycles. The first kappa shape index (κ1) is 23.0. The minimum Gasteiger partial charge on any atom is -0.497 e. The molecule has 0 bridgehead atoms. The van der Waals surface area contributed by atoms with E-state index in [2.05, 4.69) is 41.8 Å². The van der Waals surface area contributed by atoms with Crippen molar-refractivity contribution in [3.63, 3.8) is 0 Å². The van der Waals surface area contributed by atoms with E-state index in [1.165, 1.54) is 11.1 Å². The SMILES string of the molecule is C=CC[C@H]1C(=O)N(CCN(C)C)c2ccccc2C[C@H]1c1ccc(OC)cc1.Cl. The van der Waals surface area contributed by atoms with E-state index in [4.69, 9.17) is 4.74 Å². The number of hydrogen-bond acceptors (Lipinski definition) is 3. The molecule has 3 rings (SSSR count). The molecule has 0 spiro atoms. The molecule has 0 aliphatic carbocycles. The Morgan fingerprint density at radius 3 is 2.48 bits per heavy atom. The lowest BCUT2D eigenvalue weighted by Crippen LogP contribution is -2.41. The Morgan fingerprint density at radius 1 is 1.17 bits per heavy atom. The van der Waals surface area contributed by atoms with Crippen molar-refractivity contribution in [2.45, 2.75) is 18.8 Å². The van der Waals surface area contributed by atoms with Gasteiger partial charge in [-0.15, -0.1) is 19.0 Å². The second-order valence-corrected chi connectivity index (χ2v) is 7.64. The van der Waals surface area contributed by atoms with Crippen LogP contribution in [-0.2, 0) is 11.2 Å². The van der Waals surface area contributed by atoms with E-state index in [1.807, 2.05) is 43.3 Å². The van der Waals surface area contributed by atoms with Crippen LogP contribution in [0.4, 0.5) is 5.69 Å². The molecule has 0 saturated heterocycles. The standard InChI is InChI=1S/C24H30N2O2.ClH/c1-5-8-21-22(18-11-13-20(28-4)14-12-18)17-19-9-6-7-10-23(19)26(24(21)27)16-15-25(2)3;/h5-7,9-14,21-22H,1,8,15-17H2,2-4H3;1H/t21-,22+;/m1./s1. The third-order valence-corrected chi connectivity index (χ3v) is 5.53. The number of carbonyl (C=O) groups is 1. The summed E-state index contributed by atoms with van der Waals surface area (Å²) in [6, 6.07) is 16.4. The molecule has 1 aliphatic heterocycles. The number of anilines is 1. The lowest BCUT2D eigenvalue weighted by molar-refractivity contribution is -0.122. The summed E-state index contributed by atoms with van der Waals surface area (Å²) in [5.74, 6) is 1.01. The van der Waals surface area contributed by atoms with E-state index in [-0.39, 0.29) is 30.2 Å². The molecule has 1 heterocycles. The largest absolute Gasteiger partial charge is 0.497 e. The smallest absolute Gasteiger partial charge is 0.231 e. The number of benzene rings is 2. The zero-order valence-electron chi connectivity index (χ0n) is 17.5. The highest BCUT2D eigenvalue weighted by atomic mass is 35.5. The normalized spacial score (nSPS) is 18.6. The summed E-state index contributed by atoms with van der Waals surface area (Å²) >= 11 is 0. The van der Waals surface area contributed by atoms with Crippen molar-refractivity contribution in [1.29, 1.82) is 0 Å². The minimum atomic E-state index is -0.125. The second kappa shape index (κ2) is 10.5. The summed E-state index contributed by atoms with van der Waals surface area (Å²) < 4.78 is 5.31. The minimum absolute atomic E-state index is 0. The number of likely N-dealkylation sites (N-methyl/N-ethyl adjacent to an activating group) is 1. The van der Waals surface area contributed by atoms with Crippen LogP contribution < -0.4 is 9.64 Å². The quantitative estimate of drug-likeness (QED) is 0.623. The van der Waals surface area contributed by atoms with Gasteiger partial charge in [0.2, 0.25) is 5.91 Å². The maximum Gasteiger partial charge on any atom is 0.231 e. The van der Waals surface area contributed by atoms with Crippen LogP contribution in [0.2, 0.25) is 0 Å². The number of nitrogens with zero attached hydrogens (tertiary/aromatic N) is 2. The van der Waals surface area contributed by atoms with Crippen LogP contribution in [0.3, 0.4) is 0 Å². The first-order chi connectivity index (χ1) is 13.5. The first-order valence-corrected chi connectivity index (χ1v) is 9.84. The summed E-state index contributed by atoms with van der Waals surface area (Å²) in [4.78, 5) is 17.7. The van der Waals surface area contributed by atoms with Crippen LogP contribution >= 0.6 is 12.4 Å². The lowest BCUT2D eigenvalue weighted by atomic mass is 9.80. The van der Waals surface area contributed by atoms with E-state index in [9.17, 15) is 4.79 Å². The molecule has 0 N–H and O–H groups in total. The average molecular weight is 415 g/mol. The van der Waals surface area contributed by atoms with Crippen molar-refractivity contribution < 1.29 is 9.53 Å². The van der Waals surface area contributed by atoms with Gasteiger partial charge >= 0.3 is 0 Å². The molecule has 0 aromatic heterocycles. The molecule has 0 radical (unpaired) electrons. The molecule has 1 aliphatic rings. The Bertz CT molecular complexity index is 820. The molecule has 0 unspecified atom stereocenters. The average Bonchev–Trinajstić information content (AvgIpc) is 2.82. The first-order valence-electron chi connectivity index (χ1n) is 9.84. The van der Waals surface area contributed by atoms with Gasteiger partial charge in [0, 0.05) is 24.7 Å². The van der Waals surface area contributed by atoms with Gasteiger partial charge in [-0.25, -0.2) is 0 Å². The topological polar surface area (TPSA) is 32.8 Å². The van der Waals surface area contributed by atoms with Crippen LogP contribution in [0.5, 0.6) is 5.75 Å². The molecule has 0 fully saturated rings. The summed E-state index contributed by atoms with van der Waals surface area (Å²) in [6.07, 6.45) is 3.38. The molecule has 156 valence electrons. The third kappa shape index (κ3) is 5.20. The highest BCUT2D eigenvalue weighted by molar-refractivity contribution is 5.97. The lowest BCUT2D eigenvalue weighted by Gasteiger charge is -2.29. The van der Waals surface area contributed by atoms with Gasteiger partial charge in [0.05, 0.1) is 7.11 Å². The van der Waals surface area contributed by atoms with Gasteiger partial charge in [-0.2, -0.15) is 0 Å². The Balaban J connectivity index is 0.00000300. The number of carbonyl (C=O) groups excluding carboxylic acids is 1. The summed E-state index contributed by atoms with van der Waals surface area (Å²) in [7, 11) is 5.74. The molecular formula is C24H31ClN2O2. The number of fused-ring (bicyclic) bond motifs is 1. The number of rotatable bonds is 7. The molecule has 1 amide bonds. The molecule has 5 heteroatoms. The molecule has 2 aromatic rings. The summed E-state index contributed by atoms with van der Waals surface area (Å²) in [5, 5.41) is 0. The number of amides is 1. The molecule has 4 nitrogen and oxygen atoms in total. The Hall–Kier alpha value is -2.30. The Morgan fingerprint density at radius 2 is 1.86 bits per heavy atom. The number of hydrogen-bond donors (Lipinski definition) is 0. The van der Waals surface area contributed by atoms with Gasteiger partial charge in [0.1, 0.15) is 5.75 Å². The maximum absolute atomic E-state index is 13.7. The van der Waals surface area contributed by atoms with Crippen molar-refractivity contribution in [3.05, 3.63) is 72.3 Å². The molecule has 2 atom stereocenters. The highest BCUT2D eigenvalue weighted by Crippen LogP contribution is 2.39. The number of allylic oxidation sites excluding steroid dienone is 1. The van der Waals surface area contributed by atoms with E-state index >= 15 is 0 Å². The van der Waals surface area contributed by atoms with Crippen molar-refractivity contribution in [3.8, 4) is 5.75 Å². The van der Waals surface area contributed by atoms with Gasteiger partial charge in [-0.05, 0) is 62.2 Å². The number of ether oxygens (including phenoxy) is 1. The highest BCUT2D eigenvalue weighted by Gasteiger charge is 2.36. The molecule has 29 heavy (non-hydrogen) atoms. The number of para-hydroxylation sites is 1. The molecular weight excluding hydrogens is 384 g/mol. The van der Waals surface area contributed by atoms with Gasteiger partial charge < -0.3 is 14.5 Å². The van der Waals surface area contributed by atoms with Gasteiger partial charge in [-0.3, -0.25) is 4.79 Å². The van der Waals surface area contributed by atoms with Crippen LogP contribution in [0.1, 0.15) is 23.5 Å². The predicted octanol–water partition coefficient (Wildman–Crippen LogP) is 4.54. The third-order valence-electron chi connectivity index (χ3n) is 5.53. The van der Waals surface area contributed by atoms with Gasteiger partial charge in [0.25, 0.3) is 0 Å². The summed E-state index contributed by atoms with van der Waals surface area (Å²) in [5.41, 5.74) is 3.44. The number of methoxy groups -OCH3 is 1. The fraction of sp³-hybridized carbons (Fsp3) is 0.375. The second-order valence-electron chi connectivity index (χ2n) is 7.64. The predicted molar refractivity (Wildman–Crippen MR) is 122 cm³/mol. The van der Waals surface area contributed by atoms with Crippen molar-refractivity contribution in [1.82, 2.24) is 4.90 Å². The fourth-order valence-electron chi connectivity index (χ4n) is 3.99. The summed E-state index contributed by atoms with van der Waals surface area (Å²) in [6.45, 7) is 5.44. The fourth-order valence-corrected chi connectivity index (χ4v) is 3.99. The monoisotopic (exact) mass is 414 g/mol.